The van der Waals surface area contributed by atoms with Crippen molar-refractivity contribution in [3.8, 4) is 17.1 Å². The van der Waals surface area contributed by atoms with E-state index >= 15 is 0 Å². The molecule has 4 rings (SSSR count). The van der Waals surface area contributed by atoms with Crippen molar-refractivity contribution in [3.05, 3.63) is 54.1 Å². The lowest BCUT2D eigenvalue weighted by atomic mass is 10.1. The third-order valence-electron chi connectivity index (χ3n) is 5.02. The predicted octanol–water partition coefficient (Wildman–Crippen LogP) is 3.80. The van der Waals surface area contributed by atoms with Gasteiger partial charge in [-0.05, 0) is 35.9 Å². The zero-order valence-electron chi connectivity index (χ0n) is 15.3. The van der Waals surface area contributed by atoms with Crippen LogP contribution >= 0.6 is 0 Å². The minimum absolute atomic E-state index is 0.221. The number of alkyl halides is 2. The second kappa shape index (κ2) is 6.91. The Balaban J connectivity index is 1.60. The van der Waals surface area contributed by atoms with Gasteiger partial charge in [0, 0.05) is 23.9 Å². The van der Waals surface area contributed by atoms with Crippen LogP contribution < -0.4 is 10.5 Å². The van der Waals surface area contributed by atoms with Crippen molar-refractivity contribution in [1.29, 1.82) is 0 Å². The van der Waals surface area contributed by atoms with Crippen molar-refractivity contribution in [2.24, 2.45) is 5.73 Å². The molecule has 146 valence electrons. The summed E-state index contributed by atoms with van der Waals surface area (Å²) in [5.41, 5.74) is 7.69. The number of ether oxygens (including phenoxy) is 1. The summed E-state index contributed by atoms with van der Waals surface area (Å²) in [6, 6.07) is 14.0. The van der Waals surface area contributed by atoms with Gasteiger partial charge in [0.15, 0.2) is 0 Å². The average Bonchev–Trinajstić information content (AvgIpc) is 3.21. The smallest absolute Gasteiger partial charge is 0.262 e. The van der Waals surface area contributed by atoms with E-state index in [2.05, 4.69) is 0 Å². The average molecular weight is 386 g/mol. The summed E-state index contributed by atoms with van der Waals surface area (Å²) in [6.07, 6.45) is -0.531. The van der Waals surface area contributed by atoms with Gasteiger partial charge in [0.05, 0.1) is 19.7 Å². The molecule has 2 heterocycles. The first-order chi connectivity index (χ1) is 13.3. The van der Waals surface area contributed by atoms with Crippen LogP contribution in [0.3, 0.4) is 0 Å². The highest BCUT2D eigenvalue weighted by Gasteiger charge is 2.47. The minimum Gasteiger partial charge on any atom is -0.497 e. The number of halogens is 2. The number of methoxy groups -OCH3 is 1. The van der Waals surface area contributed by atoms with Crippen molar-refractivity contribution >= 4 is 16.9 Å². The molecule has 1 atom stereocenters. The number of nitrogens with two attached hydrogens (primary N) is 1. The lowest BCUT2D eigenvalue weighted by Gasteiger charge is -2.21. The molecule has 1 saturated heterocycles. The minimum atomic E-state index is -2.90. The molecule has 3 aromatic rings. The van der Waals surface area contributed by atoms with Gasteiger partial charge in [0.2, 0.25) is 5.91 Å². The van der Waals surface area contributed by atoms with Crippen LogP contribution in [0, 0.1) is 0 Å². The van der Waals surface area contributed by atoms with Crippen molar-refractivity contribution < 1.29 is 22.7 Å². The second-order valence-electron chi connectivity index (χ2n) is 7.10. The molecule has 1 aliphatic heterocycles. The number of carbonyl (C=O) groups is 1. The Kier molecular flexibility index (Phi) is 4.55. The Morgan fingerprint density at radius 3 is 2.86 bits per heavy atom. The van der Waals surface area contributed by atoms with Crippen LogP contribution in [-0.4, -0.2) is 36.4 Å². The van der Waals surface area contributed by atoms with Crippen LogP contribution in [0.2, 0.25) is 0 Å². The van der Waals surface area contributed by atoms with Gasteiger partial charge in [0.25, 0.3) is 5.92 Å². The Morgan fingerprint density at radius 1 is 1.29 bits per heavy atom. The molecule has 0 unspecified atom stereocenters. The number of amides is 1. The molecular weight excluding hydrogens is 366 g/mol. The fourth-order valence-corrected chi connectivity index (χ4v) is 3.67. The lowest BCUT2D eigenvalue weighted by molar-refractivity contribution is -0.122. The number of primary amides is 1. The van der Waals surface area contributed by atoms with E-state index in [0.717, 1.165) is 22.3 Å². The van der Waals surface area contributed by atoms with Gasteiger partial charge in [-0.3, -0.25) is 9.69 Å². The van der Waals surface area contributed by atoms with Gasteiger partial charge < -0.3 is 14.9 Å². The van der Waals surface area contributed by atoms with Gasteiger partial charge in [0.1, 0.15) is 17.1 Å². The zero-order valence-corrected chi connectivity index (χ0v) is 15.3. The van der Waals surface area contributed by atoms with E-state index in [-0.39, 0.29) is 6.54 Å². The molecule has 2 aromatic carbocycles. The van der Waals surface area contributed by atoms with Crippen LogP contribution in [-0.2, 0) is 11.3 Å². The normalized spacial score (nSPS) is 19.2. The number of fused-ring (bicyclic) bond motifs is 1. The Bertz CT molecular complexity index is 1030. The summed E-state index contributed by atoms with van der Waals surface area (Å²) in [5.74, 6) is -2.21. The molecule has 1 aliphatic rings. The molecule has 2 N–H and O–H groups in total. The highest BCUT2D eigenvalue weighted by Crippen LogP contribution is 2.34. The summed E-state index contributed by atoms with van der Waals surface area (Å²) < 4.78 is 38.6. The van der Waals surface area contributed by atoms with Crippen molar-refractivity contribution in [2.45, 2.75) is 24.9 Å². The van der Waals surface area contributed by atoms with Crippen LogP contribution in [0.15, 0.2) is 52.9 Å². The lowest BCUT2D eigenvalue weighted by Crippen LogP contribution is -2.39. The van der Waals surface area contributed by atoms with E-state index in [1.807, 2.05) is 48.5 Å². The molecular formula is C21H20F2N2O3. The summed E-state index contributed by atoms with van der Waals surface area (Å²) >= 11 is 0. The maximum atomic E-state index is 13.7. The van der Waals surface area contributed by atoms with Crippen molar-refractivity contribution in [1.82, 2.24) is 4.90 Å². The quantitative estimate of drug-likeness (QED) is 0.724. The number of furan rings is 1. The summed E-state index contributed by atoms with van der Waals surface area (Å²) in [4.78, 5) is 13.0. The second-order valence-corrected chi connectivity index (χ2v) is 7.10. The number of hydrogen-bond donors (Lipinski definition) is 1. The number of carbonyl (C=O) groups excluding carboxylic acids is 1. The molecule has 0 saturated carbocycles. The fraction of sp³-hybridized carbons (Fsp3) is 0.286. The topological polar surface area (TPSA) is 68.7 Å². The Labute approximate surface area is 160 Å². The van der Waals surface area contributed by atoms with Crippen LogP contribution in [0.25, 0.3) is 22.3 Å². The number of hydrogen-bond acceptors (Lipinski definition) is 4. The van der Waals surface area contributed by atoms with E-state index in [9.17, 15) is 13.6 Å². The van der Waals surface area contributed by atoms with E-state index in [4.69, 9.17) is 14.9 Å². The molecule has 7 heteroatoms. The van der Waals surface area contributed by atoms with E-state index in [1.165, 1.54) is 4.90 Å². The Morgan fingerprint density at radius 2 is 2.11 bits per heavy atom. The molecule has 0 bridgehead atoms. The molecule has 1 aromatic heterocycles. The Hall–Kier alpha value is -2.93. The third-order valence-corrected chi connectivity index (χ3v) is 5.02. The van der Waals surface area contributed by atoms with Crippen molar-refractivity contribution in [2.75, 3.05) is 13.7 Å². The first-order valence-corrected chi connectivity index (χ1v) is 8.93. The predicted molar refractivity (Wildman–Crippen MR) is 101 cm³/mol. The number of benzene rings is 2. The molecule has 0 aliphatic carbocycles. The van der Waals surface area contributed by atoms with E-state index in [1.54, 1.807) is 7.11 Å². The van der Waals surface area contributed by atoms with Crippen molar-refractivity contribution in [3.63, 3.8) is 0 Å². The molecule has 1 amide bonds. The highest BCUT2D eigenvalue weighted by atomic mass is 19.3. The maximum absolute atomic E-state index is 13.7. The number of rotatable bonds is 5. The van der Waals surface area contributed by atoms with Gasteiger partial charge >= 0.3 is 0 Å². The standard InChI is InChI=1S/C21H20F2N2O3/c1-27-16-4-2-3-14(8-16)19-9-15-7-13(5-6-18(15)28-19)11-25-12-21(22,23)10-17(25)20(24)26/h2-9,17H,10-12H2,1H3,(H2,24,26)/t17-/m0/s1. The SMILES string of the molecule is COc1cccc(-c2cc3cc(CN4CC(F)(F)C[C@H]4C(N)=O)ccc3o2)c1. The summed E-state index contributed by atoms with van der Waals surface area (Å²) in [7, 11) is 1.60. The number of nitrogens with zero attached hydrogens (tertiary/aromatic N) is 1. The van der Waals surface area contributed by atoms with Crippen LogP contribution in [0.4, 0.5) is 8.78 Å². The zero-order chi connectivity index (χ0) is 19.9. The monoisotopic (exact) mass is 386 g/mol. The first-order valence-electron chi connectivity index (χ1n) is 8.93. The summed E-state index contributed by atoms with van der Waals surface area (Å²) in [5, 5.41) is 0.858. The third kappa shape index (κ3) is 3.57. The van der Waals surface area contributed by atoms with Gasteiger partial charge in [-0.25, -0.2) is 8.78 Å². The molecule has 1 fully saturated rings. The van der Waals surface area contributed by atoms with E-state index < -0.39 is 30.8 Å². The molecule has 28 heavy (non-hydrogen) atoms. The highest BCUT2D eigenvalue weighted by molar-refractivity contribution is 5.84. The maximum Gasteiger partial charge on any atom is 0.262 e. The molecule has 5 nitrogen and oxygen atoms in total. The van der Waals surface area contributed by atoms with Crippen LogP contribution in [0.5, 0.6) is 5.75 Å². The van der Waals surface area contributed by atoms with Gasteiger partial charge in [-0.1, -0.05) is 18.2 Å². The van der Waals surface area contributed by atoms with Crippen LogP contribution in [0.1, 0.15) is 12.0 Å². The largest absolute Gasteiger partial charge is 0.497 e. The molecule has 0 spiro atoms. The van der Waals surface area contributed by atoms with E-state index in [0.29, 0.717) is 11.3 Å². The molecule has 0 radical (unpaired) electrons. The summed E-state index contributed by atoms with van der Waals surface area (Å²) in [6.45, 7) is -0.252. The fourth-order valence-electron chi connectivity index (χ4n) is 3.67. The number of likely N-dealkylation sites (tertiary alicyclic amines) is 1. The first kappa shape index (κ1) is 18.4. The van der Waals surface area contributed by atoms with Gasteiger partial charge in [-0.15, -0.1) is 0 Å². The van der Waals surface area contributed by atoms with Gasteiger partial charge in [-0.2, -0.15) is 0 Å².